The topological polar surface area (TPSA) is 38.5 Å². The Bertz CT molecular complexity index is 236. The van der Waals surface area contributed by atoms with E-state index in [1.165, 1.54) is 32.2 Å². The van der Waals surface area contributed by atoms with E-state index in [1.807, 2.05) is 0 Å². The molecule has 0 bridgehead atoms. The zero-order valence-corrected chi connectivity index (χ0v) is 11.6. The normalized spacial score (nSPS) is 44.8. The van der Waals surface area contributed by atoms with Crippen LogP contribution in [0.5, 0.6) is 0 Å². The van der Waals surface area contributed by atoms with Gasteiger partial charge in [0.2, 0.25) is 0 Å². The molecule has 0 amide bonds. The summed E-state index contributed by atoms with van der Waals surface area (Å²) in [6.07, 6.45) is 5.82. The van der Waals surface area contributed by atoms with E-state index in [2.05, 4.69) is 25.7 Å². The van der Waals surface area contributed by atoms with Crippen molar-refractivity contribution in [2.24, 2.45) is 11.7 Å². The van der Waals surface area contributed by atoms with Crippen LogP contribution in [0.1, 0.15) is 46.5 Å². The molecule has 4 atom stereocenters. The van der Waals surface area contributed by atoms with E-state index in [0.29, 0.717) is 24.3 Å². The van der Waals surface area contributed by atoms with Gasteiger partial charge in [-0.2, -0.15) is 0 Å². The molecule has 0 saturated carbocycles. The van der Waals surface area contributed by atoms with E-state index >= 15 is 0 Å². The highest BCUT2D eigenvalue weighted by molar-refractivity contribution is 4.90. The average molecular weight is 240 g/mol. The van der Waals surface area contributed by atoms with Crippen LogP contribution in [-0.2, 0) is 4.74 Å². The van der Waals surface area contributed by atoms with Gasteiger partial charge < -0.3 is 10.5 Å². The summed E-state index contributed by atoms with van der Waals surface area (Å²) in [7, 11) is 0. The Morgan fingerprint density at radius 2 is 1.82 bits per heavy atom. The molecule has 2 aliphatic rings. The van der Waals surface area contributed by atoms with Crippen molar-refractivity contribution in [2.45, 2.75) is 70.7 Å². The first-order valence-electron chi connectivity index (χ1n) is 7.23. The molecular formula is C14H28N2O. The summed E-state index contributed by atoms with van der Waals surface area (Å²) in [6.45, 7) is 8.80. The second-order valence-electron chi connectivity index (χ2n) is 6.04. The van der Waals surface area contributed by atoms with Gasteiger partial charge in [0.25, 0.3) is 0 Å². The maximum atomic E-state index is 5.99. The number of ether oxygens (including phenoxy) is 1. The zero-order valence-electron chi connectivity index (χ0n) is 11.6. The molecule has 0 aromatic heterocycles. The highest BCUT2D eigenvalue weighted by Crippen LogP contribution is 2.31. The number of nitrogens with zero attached hydrogens (tertiary/aromatic N) is 1. The van der Waals surface area contributed by atoms with E-state index in [9.17, 15) is 0 Å². The van der Waals surface area contributed by atoms with Crippen LogP contribution in [-0.4, -0.2) is 42.3 Å². The monoisotopic (exact) mass is 240 g/mol. The van der Waals surface area contributed by atoms with Crippen molar-refractivity contribution in [3.63, 3.8) is 0 Å². The fourth-order valence-corrected chi connectivity index (χ4v) is 3.74. The second kappa shape index (κ2) is 5.68. The molecular weight excluding hydrogens is 212 g/mol. The summed E-state index contributed by atoms with van der Waals surface area (Å²) in [5, 5.41) is 0. The predicted molar refractivity (Wildman–Crippen MR) is 71.0 cm³/mol. The van der Waals surface area contributed by atoms with E-state index in [-0.39, 0.29) is 0 Å². The number of hydrogen-bond donors (Lipinski definition) is 1. The lowest BCUT2D eigenvalue weighted by molar-refractivity contribution is -0.0810. The minimum atomic E-state index is 0.402. The van der Waals surface area contributed by atoms with Gasteiger partial charge in [0.15, 0.2) is 0 Å². The predicted octanol–water partition coefficient (Wildman–Crippen LogP) is 2.00. The number of likely N-dealkylation sites (tertiary alicyclic amines) is 1. The number of piperidine rings is 1. The first-order valence-corrected chi connectivity index (χ1v) is 7.23. The number of nitrogens with two attached hydrogens (primary N) is 1. The van der Waals surface area contributed by atoms with Crippen molar-refractivity contribution in [3.8, 4) is 0 Å². The Hall–Kier alpha value is -0.120. The standard InChI is InChI=1S/C14H28N2O/c1-10-5-4-6-16(14(10)9-15)13-7-11(2)17-12(3)8-13/h10-14H,4-9,15H2,1-3H3. The molecule has 100 valence electrons. The van der Waals surface area contributed by atoms with E-state index in [1.54, 1.807) is 0 Å². The van der Waals surface area contributed by atoms with Crippen molar-refractivity contribution < 1.29 is 4.74 Å². The SMILES string of the molecule is CC1CC(N2CCCC(C)C2CN)CC(C)O1. The van der Waals surface area contributed by atoms with Crippen molar-refractivity contribution in [1.82, 2.24) is 4.90 Å². The highest BCUT2D eigenvalue weighted by Gasteiger charge is 2.36. The van der Waals surface area contributed by atoms with Crippen molar-refractivity contribution in [1.29, 1.82) is 0 Å². The van der Waals surface area contributed by atoms with Gasteiger partial charge in [0.1, 0.15) is 0 Å². The van der Waals surface area contributed by atoms with Gasteiger partial charge in [-0.05, 0) is 52.0 Å². The molecule has 4 unspecified atom stereocenters. The second-order valence-corrected chi connectivity index (χ2v) is 6.04. The van der Waals surface area contributed by atoms with Crippen LogP contribution >= 0.6 is 0 Å². The smallest absolute Gasteiger partial charge is 0.0565 e. The van der Waals surface area contributed by atoms with E-state index in [4.69, 9.17) is 10.5 Å². The molecule has 2 aliphatic heterocycles. The van der Waals surface area contributed by atoms with E-state index < -0.39 is 0 Å². The molecule has 2 heterocycles. The Balaban J connectivity index is 2.03. The average Bonchev–Trinajstić information content (AvgIpc) is 2.27. The summed E-state index contributed by atoms with van der Waals surface area (Å²) < 4.78 is 5.84. The highest BCUT2D eigenvalue weighted by atomic mass is 16.5. The summed E-state index contributed by atoms with van der Waals surface area (Å²) in [5.41, 5.74) is 5.99. The maximum Gasteiger partial charge on any atom is 0.0565 e. The molecule has 2 saturated heterocycles. The lowest BCUT2D eigenvalue weighted by Crippen LogP contribution is -2.55. The molecule has 2 N–H and O–H groups in total. The molecule has 0 radical (unpaired) electrons. The third-order valence-electron chi connectivity index (χ3n) is 4.54. The van der Waals surface area contributed by atoms with Crippen molar-refractivity contribution >= 4 is 0 Å². The largest absolute Gasteiger partial charge is 0.375 e. The van der Waals surface area contributed by atoms with Crippen LogP contribution in [0.4, 0.5) is 0 Å². The molecule has 3 nitrogen and oxygen atoms in total. The number of rotatable bonds is 2. The van der Waals surface area contributed by atoms with Crippen LogP contribution < -0.4 is 5.73 Å². The van der Waals surface area contributed by atoms with Crippen LogP contribution in [0, 0.1) is 5.92 Å². The molecule has 2 fully saturated rings. The van der Waals surface area contributed by atoms with Gasteiger partial charge in [-0.3, -0.25) is 4.90 Å². The summed E-state index contributed by atoms with van der Waals surface area (Å²) >= 11 is 0. The van der Waals surface area contributed by atoms with Crippen LogP contribution in [0.25, 0.3) is 0 Å². The summed E-state index contributed by atoms with van der Waals surface area (Å²) in [6, 6.07) is 1.27. The van der Waals surface area contributed by atoms with Crippen molar-refractivity contribution in [3.05, 3.63) is 0 Å². The molecule has 2 rings (SSSR count). The van der Waals surface area contributed by atoms with Gasteiger partial charge >= 0.3 is 0 Å². The third kappa shape index (κ3) is 3.01. The number of hydrogen-bond acceptors (Lipinski definition) is 3. The summed E-state index contributed by atoms with van der Waals surface area (Å²) in [4.78, 5) is 2.68. The Morgan fingerprint density at radius 1 is 1.18 bits per heavy atom. The van der Waals surface area contributed by atoms with Gasteiger partial charge in [0.05, 0.1) is 12.2 Å². The zero-order chi connectivity index (χ0) is 12.4. The molecule has 0 aromatic carbocycles. The molecule has 0 aliphatic carbocycles. The Labute approximate surface area is 106 Å². The fraction of sp³-hybridized carbons (Fsp3) is 1.00. The third-order valence-corrected chi connectivity index (χ3v) is 4.54. The van der Waals surface area contributed by atoms with Crippen LogP contribution in [0.2, 0.25) is 0 Å². The van der Waals surface area contributed by atoms with Gasteiger partial charge in [-0.25, -0.2) is 0 Å². The van der Waals surface area contributed by atoms with Crippen LogP contribution in [0.15, 0.2) is 0 Å². The maximum absolute atomic E-state index is 5.99. The Morgan fingerprint density at radius 3 is 2.41 bits per heavy atom. The molecule has 0 aromatic rings. The van der Waals surface area contributed by atoms with Crippen LogP contribution in [0.3, 0.4) is 0 Å². The first-order chi connectivity index (χ1) is 8.11. The first kappa shape index (κ1) is 13.3. The lowest BCUT2D eigenvalue weighted by Gasteiger charge is -2.47. The van der Waals surface area contributed by atoms with Crippen molar-refractivity contribution in [2.75, 3.05) is 13.1 Å². The Kier molecular flexibility index (Phi) is 4.45. The minimum absolute atomic E-state index is 0.402. The molecule has 0 spiro atoms. The minimum Gasteiger partial charge on any atom is -0.375 e. The summed E-state index contributed by atoms with van der Waals surface area (Å²) in [5.74, 6) is 0.752. The lowest BCUT2D eigenvalue weighted by atomic mass is 9.87. The van der Waals surface area contributed by atoms with E-state index in [0.717, 1.165) is 12.5 Å². The molecule has 17 heavy (non-hydrogen) atoms. The van der Waals surface area contributed by atoms with Gasteiger partial charge in [-0.15, -0.1) is 0 Å². The van der Waals surface area contributed by atoms with Gasteiger partial charge in [-0.1, -0.05) is 6.92 Å². The quantitative estimate of drug-likeness (QED) is 0.802. The molecule has 3 heteroatoms. The fourth-order valence-electron chi connectivity index (χ4n) is 3.74. The van der Waals surface area contributed by atoms with Gasteiger partial charge in [0, 0.05) is 18.6 Å².